The number of terminal acetylenes is 2. The first-order valence-corrected chi connectivity index (χ1v) is 12.9. The second-order valence-corrected chi connectivity index (χ2v) is 10.9. The van der Waals surface area contributed by atoms with Gasteiger partial charge in [-0.15, -0.1) is 12.8 Å². The number of hydrogen-bond acceptors (Lipinski definition) is 3. The maximum atomic E-state index is 14.8. The van der Waals surface area contributed by atoms with E-state index in [4.69, 9.17) is 24.4 Å². The Hall–Kier alpha value is -4.01. The monoisotopic (exact) mass is 550 g/mol. The number of alkyl halides is 1. The van der Waals surface area contributed by atoms with Gasteiger partial charge in [0.25, 0.3) is 5.91 Å². The summed E-state index contributed by atoms with van der Waals surface area (Å²) in [7, 11) is 0. The van der Waals surface area contributed by atoms with E-state index in [1.54, 1.807) is 49.4 Å². The molecule has 0 aliphatic carbocycles. The van der Waals surface area contributed by atoms with Crippen molar-refractivity contribution >= 4 is 40.2 Å². The quantitative estimate of drug-likeness (QED) is 0.323. The topological polar surface area (TPSA) is 94.3 Å². The average molecular weight is 551 g/mol. The molecule has 0 radical (unpaired) electrons. The zero-order valence-corrected chi connectivity index (χ0v) is 22.9. The van der Waals surface area contributed by atoms with Gasteiger partial charge in [0.05, 0.1) is 11.5 Å². The largest absolute Gasteiger partial charge is 0.352 e. The van der Waals surface area contributed by atoms with E-state index in [-0.39, 0.29) is 37.5 Å². The standard InChI is InChI=1S/C30H32ClFN4O3/c1-6-8-9-10-11-14-33-28(39)30(5)17-22(7-2)36(19-30)27(38)25(18-29(3,4)32)35-26(37)24-16-20-15-21(31)12-13-23(20)34-24/h1-2,8-13,15-16,22,25,34H,14,17-19H2,3-5H3,(H,33,39)(H,35,37)/b9-8-,11-10-/t22-,25+,30+/m1/s1. The van der Waals surface area contributed by atoms with Gasteiger partial charge in [-0.2, -0.15) is 0 Å². The van der Waals surface area contributed by atoms with Crippen molar-refractivity contribution in [3.8, 4) is 24.7 Å². The van der Waals surface area contributed by atoms with Crippen LogP contribution in [0.4, 0.5) is 4.39 Å². The molecule has 2 aromatic rings. The maximum Gasteiger partial charge on any atom is 0.268 e. The summed E-state index contributed by atoms with van der Waals surface area (Å²) in [5.41, 5.74) is -1.85. The third kappa shape index (κ3) is 7.52. The van der Waals surface area contributed by atoms with Crippen molar-refractivity contribution < 1.29 is 18.8 Å². The van der Waals surface area contributed by atoms with Crippen LogP contribution in [0.15, 0.2) is 48.6 Å². The third-order valence-electron chi connectivity index (χ3n) is 6.50. The molecule has 3 atom stereocenters. The van der Waals surface area contributed by atoms with Gasteiger partial charge in [0.1, 0.15) is 17.4 Å². The van der Waals surface area contributed by atoms with Crippen LogP contribution < -0.4 is 10.6 Å². The number of benzene rings is 1. The van der Waals surface area contributed by atoms with E-state index in [1.807, 2.05) is 0 Å². The van der Waals surface area contributed by atoms with Crippen LogP contribution in [0.25, 0.3) is 10.9 Å². The van der Waals surface area contributed by atoms with E-state index < -0.39 is 35.0 Å². The van der Waals surface area contributed by atoms with Crippen molar-refractivity contribution in [1.29, 1.82) is 0 Å². The second-order valence-electron chi connectivity index (χ2n) is 10.4. The van der Waals surface area contributed by atoms with Crippen molar-refractivity contribution in [2.75, 3.05) is 13.1 Å². The van der Waals surface area contributed by atoms with Crippen molar-refractivity contribution in [3.05, 3.63) is 59.3 Å². The number of rotatable bonds is 9. The summed E-state index contributed by atoms with van der Waals surface area (Å²) in [5, 5.41) is 6.72. The van der Waals surface area contributed by atoms with E-state index in [0.29, 0.717) is 10.5 Å². The molecule has 2 heterocycles. The Kier molecular flexibility index (Phi) is 9.27. The number of fused-ring (bicyclic) bond motifs is 1. The Bertz CT molecular complexity index is 1390. The fraction of sp³-hybridized carbons (Fsp3) is 0.367. The van der Waals surface area contributed by atoms with Gasteiger partial charge >= 0.3 is 0 Å². The highest BCUT2D eigenvalue weighted by Crippen LogP contribution is 2.35. The Balaban J connectivity index is 1.77. The predicted octanol–water partition coefficient (Wildman–Crippen LogP) is 4.16. The Labute approximate surface area is 233 Å². The summed E-state index contributed by atoms with van der Waals surface area (Å²) >= 11 is 6.04. The summed E-state index contributed by atoms with van der Waals surface area (Å²) in [5.74, 6) is 3.55. The minimum absolute atomic E-state index is 0.0250. The molecular formula is C30H32ClFN4O3. The molecular weight excluding hydrogens is 519 g/mol. The van der Waals surface area contributed by atoms with E-state index in [2.05, 4.69) is 27.5 Å². The molecule has 3 amide bonds. The number of nitrogens with zero attached hydrogens (tertiary/aromatic N) is 1. The molecule has 1 fully saturated rings. The van der Waals surface area contributed by atoms with E-state index in [1.165, 1.54) is 24.8 Å². The Morgan fingerprint density at radius 1 is 1.31 bits per heavy atom. The van der Waals surface area contributed by atoms with Crippen LogP contribution in [0.3, 0.4) is 0 Å². The SMILES string of the molecule is C#C/C=C\C=C/CNC(=O)[C@@]1(C)C[C@@H](C#C)N(C(=O)[C@H](CC(C)(C)F)NC(=O)c2cc3cc(Cl)ccc3[nH]2)C1. The van der Waals surface area contributed by atoms with Crippen molar-refractivity contribution in [1.82, 2.24) is 20.5 Å². The normalized spacial score (nSPS) is 20.2. The number of nitrogens with one attached hydrogen (secondary N) is 3. The third-order valence-corrected chi connectivity index (χ3v) is 6.74. The number of aromatic nitrogens is 1. The van der Waals surface area contributed by atoms with Gasteiger partial charge in [-0.05, 0) is 57.5 Å². The first-order valence-electron chi connectivity index (χ1n) is 12.5. The summed E-state index contributed by atoms with van der Waals surface area (Å²) in [6.45, 7) is 4.68. The number of carbonyl (C=O) groups excluding carboxylic acids is 3. The summed E-state index contributed by atoms with van der Waals surface area (Å²) < 4.78 is 14.8. The molecule has 1 aliphatic rings. The number of amides is 3. The Morgan fingerprint density at radius 2 is 2.05 bits per heavy atom. The lowest BCUT2D eigenvalue weighted by atomic mass is 9.87. The van der Waals surface area contributed by atoms with Crippen LogP contribution in [0.2, 0.25) is 5.02 Å². The van der Waals surface area contributed by atoms with Crippen molar-refractivity contribution in [2.24, 2.45) is 5.41 Å². The van der Waals surface area contributed by atoms with Crippen molar-refractivity contribution in [2.45, 2.75) is 51.4 Å². The van der Waals surface area contributed by atoms with Crippen LogP contribution >= 0.6 is 11.6 Å². The zero-order chi connectivity index (χ0) is 28.8. The lowest BCUT2D eigenvalue weighted by Gasteiger charge is -2.30. The summed E-state index contributed by atoms with van der Waals surface area (Å²) in [4.78, 5) is 44.2. The van der Waals surface area contributed by atoms with E-state index in [0.717, 1.165) is 5.39 Å². The van der Waals surface area contributed by atoms with E-state index in [9.17, 15) is 18.8 Å². The molecule has 0 bridgehead atoms. The van der Waals surface area contributed by atoms with Gasteiger partial charge in [-0.3, -0.25) is 14.4 Å². The van der Waals surface area contributed by atoms with Gasteiger partial charge in [0.15, 0.2) is 0 Å². The van der Waals surface area contributed by atoms with Crippen LogP contribution in [-0.2, 0) is 9.59 Å². The predicted molar refractivity (Wildman–Crippen MR) is 152 cm³/mol. The highest BCUT2D eigenvalue weighted by molar-refractivity contribution is 6.31. The number of hydrogen-bond donors (Lipinski definition) is 3. The summed E-state index contributed by atoms with van der Waals surface area (Å²) in [6, 6.07) is 4.83. The lowest BCUT2D eigenvalue weighted by Crippen LogP contribution is -2.52. The minimum Gasteiger partial charge on any atom is -0.352 e. The number of halogens is 2. The lowest BCUT2D eigenvalue weighted by molar-refractivity contribution is -0.135. The molecule has 39 heavy (non-hydrogen) atoms. The molecule has 0 spiro atoms. The Morgan fingerprint density at radius 3 is 2.72 bits per heavy atom. The molecule has 3 N–H and O–H groups in total. The molecule has 1 aliphatic heterocycles. The van der Waals surface area contributed by atoms with Gasteiger partial charge in [0, 0.05) is 35.4 Å². The molecule has 0 unspecified atom stereocenters. The smallest absolute Gasteiger partial charge is 0.268 e. The molecule has 7 nitrogen and oxygen atoms in total. The first kappa shape index (κ1) is 29.5. The van der Waals surface area contributed by atoms with Crippen LogP contribution in [-0.4, -0.2) is 58.4 Å². The minimum atomic E-state index is -1.77. The fourth-order valence-corrected chi connectivity index (χ4v) is 4.78. The summed E-state index contributed by atoms with van der Waals surface area (Å²) in [6.07, 6.45) is 17.5. The zero-order valence-electron chi connectivity index (χ0n) is 22.2. The van der Waals surface area contributed by atoms with Crippen molar-refractivity contribution in [3.63, 3.8) is 0 Å². The van der Waals surface area contributed by atoms with E-state index >= 15 is 0 Å². The average Bonchev–Trinajstić information content (AvgIpc) is 3.45. The van der Waals surface area contributed by atoms with Crippen LogP contribution in [0, 0.1) is 30.1 Å². The van der Waals surface area contributed by atoms with Gasteiger partial charge < -0.3 is 20.5 Å². The van der Waals surface area contributed by atoms with Gasteiger partial charge in [-0.25, -0.2) is 4.39 Å². The molecule has 0 saturated carbocycles. The second kappa shape index (κ2) is 12.2. The molecule has 3 rings (SSSR count). The fourth-order valence-electron chi connectivity index (χ4n) is 4.60. The number of allylic oxidation sites excluding steroid dienone is 3. The first-order chi connectivity index (χ1) is 18.4. The molecule has 9 heteroatoms. The molecule has 1 aromatic heterocycles. The number of H-pyrrole nitrogens is 1. The highest BCUT2D eigenvalue weighted by Gasteiger charge is 2.48. The number of aromatic amines is 1. The maximum absolute atomic E-state index is 14.8. The van der Waals surface area contributed by atoms with Crippen LogP contribution in [0.5, 0.6) is 0 Å². The molecule has 1 aromatic carbocycles. The number of likely N-dealkylation sites (tertiary alicyclic amines) is 1. The molecule has 1 saturated heterocycles. The van der Waals surface area contributed by atoms with Gasteiger partial charge in [-0.1, -0.05) is 41.7 Å². The molecule has 204 valence electrons. The van der Waals surface area contributed by atoms with Gasteiger partial charge in [0.2, 0.25) is 11.8 Å². The highest BCUT2D eigenvalue weighted by atomic mass is 35.5. The van der Waals surface area contributed by atoms with Crippen LogP contribution in [0.1, 0.15) is 44.1 Å². The number of carbonyl (C=O) groups is 3.